The summed E-state index contributed by atoms with van der Waals surface area (Å²) in [6, 6.07) is 3.23. The molecule has 0 amide bonds. The van der Waals surface area contributed by atoms with E-state index in [1.54, 1.807) is 11.3 Å². The topological polar surface area (TPSA) is 80.4 Å². The lowest BCUT2D eigenvalue weighted by Gasteiger charge is -2.11. The number of aliphatic hydroxyl groups is 1. The number of hydrogen-bond acceptors (Lipinski definition) is 2. The van der Waals surface area contributed by atoms with Gasteiger partial charge in [-0.2, -0.15) is 13.2 Å². The highest BCUT2D eigenvalue weighted by Crippen LogP contribution is 2.32. The highest BCUT2D eigenvalue weighted by molar-refractivity contribution is 5.81. The van der Waals surface area contributed by atoms with Gasteiger partial charge in [-0.1, -0.05) is 0 Å². The number of nitrogens with zero attached hydrogens (tertiary/aromatic N) is 1. The first-order chi connectivity index (χ1) is 11.6. The van der Waals surface area contributed by atoms with E-state index in [-0.39, 0.29) is 11.9 Å². The van der Waals surface area contributed by atoms with Crippen LogP contribution >= 0.6 is 0 Å². The lowest BCUT2D eigenvalue weighted by atomic mass is 10.1. The summed E-state index contributed by atoms with van der Waals surface area (Å²) in [5, 5.41) is 16.5. The minimum Gasteiger partial charge on any atom is -0.422 e. The Morgan fingerprint density at radius 2 is 1.96 bits per heavy atom. The molecule has 134 valence electrons. The molecule has 0 spiro atoms. The quantitative estimate of drug-likeness (QED) is 0.559. The molecular formula is C17H18F3N2O3+. The van der Waals surface area contributed by atoms with E-state index in [9.17, 15) is 23.1 Å². The van der Waals surface area contributed by atoms with Gasteiger partial charge in [0.2, 0.25) is 0 Å². The predicted molar refractivity (Wildman–Crippen MR) is 87.9 cm³/mol. The van der Waals surface area contributed by atoms with Crippen molar-refractivity contribution in [3.05, 3.63) is 50.9 Å². The molecule has 0 bridgehead atoms. The van der Waals surface area contributed by atoms with Crippen molar-refractivity contribution in [1.82, 2.24) is 9.38 Å². The molecule has 5 nitrogen and oxygen atoms in total. The van der Waals surface area contributed by atoms with Crippen LogP contribution < -0.4 is 5.56 Å². The number of rotatable bonds is 3. The third-order valence-electron chi connectivity index (χ3n) is 4.53. The average molecular weight is 355 g/mol. The van der Waals surface area contributed by atoms with Crippen LogP contribution in [0.1, 0.15) is 28.8 Å². The monoisotopic (exact) mass is 355 g/mol. The van der Waals surface area contributed by atoms with E-state index >= 15 is 0 Å². The number of aromatic nitrogens is 2. The lowest BCUT2D eigenvalue weighted by Crippen LogP contribution is -2.14. The molecule has 4 N–H and O–H groups in total. The lowest BCUT2D eigenvalue weighted by molar-refractivity contribution is -0.137. The zero-order valence-corrected chi connectivity index (χ0v) is 13.7. The van der Waals surface area contributed by atoms with Gasteiger partial charge in [0.15, 0.2) is 0 Å². The maximum absolute atomic E-state index is 12.9. The standard InChI is InChI=1S/C17H17F3N2O3/c1-8-9(2)15-16(25)21-11-7-10(17(18,19)20)3-4-13(11)22(15)12(8)5-6-14(23)24/h3-4,7,14,23-24H,5-6H2,1-2H3,(H,21,25)/p+1. The number of hydrogen-bond donors (Lipinski definition) is 2. The first-order valence-corrected chi connectivity index (χ1v) is 7.74. The minimum absolute atomic E-state index is 0.0926. The molecule has 3 rings (SSSR count). The van der Waals surface area contributed by atoms with Gasteiger partial charge < -0.3 is 19.6 Å². The zero-order valence-electron chi connectivity index (χ0n) is 13.7. The van der Waals surface area contributed by atoms with Gasteiger partial charge in [0.05, 0.1) is 23.0 Å². The molecule has 1 unspecified atom stereocenters. The van der Waals surface area contributed by atoms with Crippen LogP contribution in [0.5, 0.6) is 0 Å². The van der Waals surface area contributed by atoms with Gasteiger partial charge >= 0.3 is 6.18 Å². The van der Waals surface area contributed by atoms with Crippen molar-refractivity contribution in [2.75, 3.05) is 0 Å². The molecule has 8 heteroatoms. The minimum atomic E-state index is -4.50. The maximum Gasteiger partial charge on any atom is 0.416 e. The normalized spacial score (nSPS) is 13.7. The van der Waals surface area contributed by atoms with Crippen molar-refractivity contribution in [3.63, 3.8) is 0 Å². The van der Waals surface area contributed by atoms with E-state index in [0.29, 0.717) is 17.5 Å². The summed E-state index contributed by atoms with van der Waals surface area (Å²) in [6.45, 7) is 3.60. The van der Waals surface area contributed by atoms with Gasteiger partial charge in [-0.05, 0) is 49.6 Å². The summed E-state index contributed by atoms with van der Waals surface area (Å²) in [7, 11) is 0. The molecule has 0 saturated carbocycles. The number of fused-ring (bicyclic) bond motifs is 3. The van der Waals surface area contributed by atoms with E-state index < -0.39 is 23.6 Å². The van der Waals surface area contributed by atoms with Crippen LogP contribution in [0.2, 0.25) is 0 Å². The number of halogens is 3. The van der Waals surface area contributed by atoms with Gasteiger partial charge in [0.1, 0.15) is 5.52 Å². The van der Waals surface area contributed by atoms with Crippen molar-refractivity contribution in [2.45, 2.75) is 39.2 Å². The Hall–Kier alpha value is -2.32. The number of aryl methyl sites for hydroxylation is 2. The first kappa shape index (κ1) is 17.5. The molecule has 2 heterocycles. The van der Waals surface area contributed by atoms with Crippen molar-refractivity contribution in [2.24, 2.45) is 0 Å². The summed E-state index contributed by atoms with van der Waals surface area (Å²) >= 11 is 0. The molecule has 0 aliphatic carbocycles. The number of aromatic amines is 1. The van der Waals surface area contributed by atoms with Crippen molar-refractivity contribution >= 4 is 16.6 Å². The second-order valence-corrected chi connectivity index (χ2v) is 6.12. The Morgan fingerprint density at radius 1 is 1.28 bits per heavy atom. The molecule has 1 atom stereocenters. The smallest absolute Gasteiger partial charge is 0.416 e. The van der Waals surface area contributed by atoms with Crippen LogP contribution in [0.4, 0.5) is 13.2 Å². The summed E-state index contributed by atoms with van der Waals surface area (Å²) in [5.41, 5.74) is 1.90. The Bertz CT molecular complexity index is 1020. The number of aliphatic hydroxyl groups excluding tert-OH is 1. The summed E-state index contributed by atoms with van der Waals surface area (Å²) < 4.78 is 40.5. The predicted octanol–water partition coefficient (Wildman–Crippen LogP) is 2.39. The second-order valence-electron chi connectivity index (χ2n) is 6.12. The van der Waals surface area contributed by atoms with E-state index in [4.69, 9.17) is 5.11 Å². The number of nitrogens with one attached hydrogen (secondary N) is 1. The number of benzene rings is 1. The van der Waals surface area contributed by atoms with Gasteiger partial charge in [-0.3, -0.25) is 4.79 Å². The van der Waals surface area contributed by atoms with Crippen LogP contribution in [0.25, 0.3) is 16.6 Å². The van der Waals surface area contributed by atoms with Crippen molar-refractivity contribution in [1.29, 1.82) is 0 Å². The van der Waals surface area contributed by atoms with Crippen LogP contribution in [-0.4, -0.2) is 25.9 Å². The average Bonchev–Trinajstić information content (AvgIpc) is 2.76. The first-order valence-electron chi connectivity index (χ1n) is 7.74. The Balaban J connectivity index is 2.36. The molecule has 2 aromatic heterocycles. The Kier molecular flexibility index (Phi) is 4.12. The van der Waals surface area contributed by atoms with Crippen molar-refractivity contribution in [3.8, 4) is 0 Å². The summed E-state index contributed by atoms with van der Waals surface area (Å²) in [5.74, 6) is 0. The molecule has 0 saturated heterocycles. The molecule has 25 heavy (non-hydrogen) atoms. The third-order valence-corrected chi connectivity index (χ3v) is 4.53. The van der Waals surface area contributed by atoms with Crippen LogP contribution in [0.3, 0.4) is 0 Å². The van der Waals surface area contributed by atoms with Crippen LogP contribution in [0.15, 0.2) is 23.0 Å². The molecule has 3 aromatic rings. The molecular weight excluding hydrogens is 337 g/mol. The molecule has 0 aliphatic rings. The fraction of sp³-hybridized carbons (Fsp3) is 0.353. The molecule has 1 aromatic carbocycles. The Morgan fingerprint density at radius 3 is 2.56 bits per heavy atom. The third kappa shape index (κ3) is 2.91. The van der Waals surface area contributed by atoms with Gasteiger partial charge in [0, 0.05) is 5.69 Å². The van der Waals surface area contributed by atoms with E-state index in [0.717, 1.165) is 29.0 Å². The fourth-order valence-corrected chi connectivity index (χ4v) is 3.16. The van der Waals surface area contributed by atoms with E-state index in [1.165, 1.54) is 6.07 Å². The molecule has 0 radical (unpaired) electrons. The SMILES string of the molecule is Cc1c(C)c2c(=O)[nH]c3cc(C(F)(F)F)ccc3n2c1CCC(O)[OH2+]. The highest BCUT2D eigenvalue weighted by Gasteiger charge is 2.31. The van der Waals surface area contributed by atoms with Gasteiger partial charge in [0.25, 0.3) is 11.8 Å². The van der Waals surface area contributed by atoms with Gasteiger partial charge in [-0.15, -0.1) is 0 Å². The fourth-order valence-electron chi connectivity index (χ4n) is 3.16. The number of alkyl halides is 3. The summed E-state index contributed by atoms with van der Waals surface area (Å²) in [6.07, 6.45) is -5.25. The summed E-state index contributed by atoms with van der Waals surface area (Å²) in [4.78, 5) is 15.0. The Labute approximate surface area is 140 Å². The zero-order chi connectivity index (χ0) is 18.5. The van der Waals surface area contributed by atoms with Crippen molar-refractivity contribution < 1.29 is 23.4 Å². The van der Waals surface area contributed by atoms with E-state index in [2.05, 4.69) is 4.98 Å². The highest BCUT2D eigenvalue weighted by atomic mass is 19.4. The van der Waals surface area contributed by atoms with Crippen LogP contribution in [-0.2, 0) is 12.6 Å². The van der Waals surface area contributed by atoms with E-state index in [1.807, 2.05) is 6.92 Å². The largest absolute Gasteiger partial charge is 0.422 e. The second kappa shape index (κ2) is 5.89. The van der Waals surface area contributed by atoms with Crippen LogP contribution in [0, 0.1) is 13.8 Å². The molecule has 0 aliphatic heterocycles. The number of H-pyrrole nitrogens is 1. The maximum atomic E-state index is 12.9. The molecule has 0 fully saturated rings. The van der Waals surface area contributed by atoms with Gasteiger partial charge in [-0.25, -0.2) is 0 Å².